The van der Waals surface area contributed by atoms with Gasteiger partial charge in [-0.25, -0.2) is 13.8 Å². The lowest BCUT2D eigenvalue weighted by molar-refractivity contribution is -0.119. The maximum Gasteiger partial charge on any atom is 0.260 e. The van der Waals surface area contributed by atoms with E-state index < -0.39 is 22.5 Å². The summed E-state index contributed by atoms with van der Waals surface area (Å²) in [6.45, 7) is 2.56. The Hall–Kier alpha value is -2.62. The van der Waals surface area contributed by atoms with E-state index >= 15 is 0 Å². The quantitative estimate of drug-likeness (QED) is 0.477. The van der Waals surface area contributed by atoms with Crippen LogP contribution < -0.4 is 15.0 Å². The second kappa shape index (κ2) is 9.92. The molecule has 0 aliphatic heterocycles. The smallest absolute Gasteiger partial charge is 0.260 e. The van der Waals surface area contributed by atoms with Crippen LogP contribution in [0.2, 0.25) is 10.0 Å². The molecule has 30 heavy (non-hydrogen) atoms. The number of rotatable bonds is 7. The summed E-state index contributed by atoms with van der Waals surface area (Å²) >= 11 is 12.0. The van der Waals surface area contributed by atoms with Gasteiger partial charge in [0, 0.05) is 17.6 Å². The standard InChI is InChI=1S/C19H20Cl2N4O4S/c1-12(14-4-7-16(8-5-14)22-13(2)26)23-24-19(27)11-25(30(3,28)29)18-10-15(20)6-9-17(18)21/h4-10H,11H2,1-3H3,(H,22,26)(H,24,27)/b23-12-. The van der Waals surface area contributed by atoms with E-state index in [4.69, 9.17) is 23.2 Å². The number of carbonyl (C=O) groups excluding carboxylic acids is 2. The van der Waals surface area contributed by atoms with Crippen molar-refractivity contribution in [1.82, 2.24) is 5.43 Å². The van der Waals surface area contributed by atoms with Crippen molar-refractivity contribution < 1.29 is 18.0 Å². The average Bonchev–Trinajstić information content (AvgIpc) is 2.65. The first-order chi connectivity index (χ1) is 14.0. The summed E-state index contributed by atoms with van der Waals surface area (Å²) in [5.74, 6) is -0.846. The van der Waals surface area contributed by atoms with Crippen LogP contribution in [0.5, 0.6) is 0 Å². The van der Waals surface area contributed by atoms with Crippen LogP contribution in [0.1, 0.15) is 19.4 Å². The predicted octanol–water partition coefficient (Wildman–Crippen LogP) is 3.26. The minimum atomic E-state index is -3.81. The van der Waals surface area contributed by atoms with Gasteiger partial charge in [-0.15, -0.1) is 0 Å². The third-order valence-corrected chi connectivity index (χ3v) is 5.52. The van der Waals surface area contributed by atoms with Gasteiger partial charge in [0.25, 0.3) is 5.91 Å². The summed E-state index contributed by atoms with van der Waals surface area (Å²) in [6, 6.07) is 11.2. The number of hydrogen-bond donors (Lipinski definition) is 2. The van der Waals surface area contributed by atoms with Crippen LogP contribution >= 0.6 is 23.2 Å². The van der Waals surface area contributed by atoms with Crippen molar-refractivity contribution in [1.29, 1.82) is 0 Å². The molecular formula is C19H20Cl2N4O4S. The molecule has 0 fully saturated rings. The fraction of sp³-hybridized carbons (Fsp3) is 0.211. The third kappa shape index (κ3) is 6.72. The van der Waals surface area contributed by atoms with Gasteiger partial charge in [0.1, 0.15) is 6.54 Å². The summed E-state index contributed by atoms with van der Waals surface area (Å²) in [5, 5.41) is 7.07. The molecule has 0 saturated heterocycles. The van der Waals surface area contributed by atoms with Gasteiger partial charge in [-0.3, -0.25) is 13.9 Å². The Balaban J connectivity index is 2.13. The number of anilines is 2. The minimum Gasteiger partial charge on any atom is -0.326 e. The molecular weight excluding hydrogens is 451 g/mol. The van der Waals surface area contributed by atoms with Gasteiger partial charge in [-0.05, 0) is 42.8 Å². The van der Waals surface area contributed by atoms with Crippen molar-refractivity contribution in [2.75, 3.05) is 22.4 Å². The lowest BCUT2D eigenvalue weighted by atomic mass is 10.1. The SMILES string of the molecule is CC(=O)Nc1ccc(/C(C)=N\NC(=O)CN(c2cc(Cl)ccc2Cl)S(C)(=O)=O)cc1. The van der Waals surface area contributed by atoms with E-state index in [1.54, 1.807) is 31.2 Å². The number of hydrogen-bond acceptors (Lipinski definition) is 5. The lowest BCUT2D eigenvalue weighted by Gasteiger charge is -2.22. The average molecular weight is 471 g/mol. The maximum atomic E-state index is 12.3. The molecule has 2 aromatic rings. The van der Waals surface area contributed by atoms with Crippen LogP contribution in [0.15, 0.2) is 47.6 Å². The van der Waals surface area contributed by atoms with Crippen LogP contribution in [0.4, 0.5) is 11.4 Å². The van der Waals surface area contributed by atoms with E-state index in [0.29, 0.717) is 17.0 Å². The van der Waals surface area contributed by atoms with Crippen LogP contribution in [0.25, 0.3) is 0 Å². The van der Waals surface area contributed by atoms with Gasteiger partial charge >= 0.3 is 0 Å². The number of carbonyl (C=O) groups is 2. The Labute approximate surface area is 184 Å². The van der Waals surface area contributed by atoms with Crippen molar-refractivity contribution >= 4 is 62.1 Å². The topological polar surface area (TPSA) is 108 Å². The van der Waals surface area contributed by atoms with Gasteiger partial charge in [-0.1, -0.05) is 35.3 Å². The first-order valence-corrected chi connectivity index (χ1v) is 11.2. The van der Waals surface area contributed by atoms with Crippen LogP contribution in [0, 0.1) is 0 Å². The summed E-state index contributed by atoms with van der Waals surface area (Å²) in [7, 11) is -3.81. The molecule has 0 aliphatic carbocycles. The van der Waals surface area contributed by atoms with Gasteiger partial charge < -0.3 is 5.32 Å². The Morgan fingerprint density at radius 2 is 1.70 bits per heavy atom. The maximum absolute atomic E-state index is 12.3. The number of hydrazone groups is 1. The summed E-state index contributed by atoms with van der Waals surface area (Å²) < 4.78 is 25.2. The molecule has 8 nitrogen and oxygen atoms in total. The first kappa shape index (κ1) is 23.7. The number of nitrogens with zero attached hydrogens (tertiary/aromatic N) is 2. The summed E-state index contributed by atoms with van der Waals surface area (Å²) in [4.78, 5) is 23.4. The summed E-state index contributed by atoms with van der Waals surface area (Å²) in [5.41, 5.74) is 4.26. The fourth-order valence-electron chi connectivity index (χ4n) is 2.43. The molecule has 0 bridgehead atoms. The van der Waals surface area contributed by atoms with Gasteiger partial charge in [0.2, 0.25) is 15.9 Å². The van der Waals surface area contributed by atoms with Crippen molar-refractivity contribution in [2.24, 2.45) is 5.10 Å². The van der Waals surface area contributed by atoms with E-state index in [-0.39, 0.29) is 21.6 Å². The van der Waals surface area contributed by atoms with E-state index in [1.165, 1.54) is 25.1 Å². The number of sulfonamides is 1. The van der Waals surface area contributed by atoms with Crippen molar-refractivity contribution in [3.63, 3.8) is 0 Å². The number of nitrogens with one attached hydrogen (secondary N) is 2. The molecule has 2 amide bonds. The highest BCUT2D eigenvalue weighted by molar-refractivity contribution is 7.92. The minimum absolute atomic E-state index is 0.0936. The highest BCUT2D eigenvalue weighted by Crippen LogP contribution is 2.30. The lowest BCUT2D eigenvalue weighted by Crippen LogP contribution is -2.39. The molecule has 2 rings (SSSR count). The monoisotopic (exact) mass is 470 g/mol. The Morgan fingerprint density at radius 3 is 2.27 bits per heavy atom. The first-order valence-electron chi connectivity index (χ1n) is 8.61. The van der Waals surface area contributed by atoms with Gasteiger partial charge in [-0.2, -0.15) is 5.10 Å². The molecule has 2 N–H and O–H groups in total. The van der Waals surface area contributed by atoms with Crippen molar-refractivity contribution in [3.8, 4) is 0 Å². The zero-order chi connectivity index (χ0) is 22.5. The molecule has 11 heteroatoms. The van der Waals surface area contributed by atoms with Crippen LogP contribution in [-0.2, 0) is 19.6 Å². The molecule has 0 aromatic heterocycles. The number of benzene rings is 2. The van der Waals surface area contributed by atoms with E-state index in [2.05, 4.69) is 15.8 Å². The van der Waals surface area contributed by atoms with Crippen LogP contribution in [-0.4, -0.2) is 38.7 Å². The number of amides is 2. The zero-order valence-electron chi connectivity index (χ0n) is 16.4. The second-order valence-electron chi connectivity index (χ2n) is 6.36. The van der Waals surface area contributed by atoms with E-state index in [1.807, 2.05) is 0 Å². The van der Waals surface area contributed by atoms with Gasteiger partial charge in [0.05, 0.1) is 22.7 Å². The Morgan fingerprint density at radius 1 is 1.07 bits per heavy atom. The summed E-state index contributed by atoms with van der Waals surface area (Å²) in [6.07, 6.45) is 0.961. The highest BCUT2D eigenvalue weighted by atomic mass is 35.5. The normalized spacial score (nSPS) is 11.7. The molecule has 2 aromatic carbocycles. The zero-order valence-corrected chi connectivity index (χ0v) is 18.8. The van der Waals surface area contributed by atoms with E-state index in [0.717, 1.165) is 10.6 Å². The van der Waals surface area contributed by atoms with Crippen LogP contribution in [0.3, 0.4) is 0 Å². The Bertz CT molecular complexity index is 1090. The Kier molecular flexibility index (Phi) is 7.83. The largest absolute Gasteiger partial charge is 0.326 e. The molecule has 160 valence electrons. The highest BCUT2D eigenvalue weighted by Gasteiger charge is 2.23. The van der Waals surface area contributed by atoms with Crippen molar-refractivity contribution in [3.05, 3.63) is 58.1 Å². The molecule has 0 spiro atoms. The van der Waals surface area contributed by atoms with Gasteiger partial charge in [0.15, 0.2) is 0 Å². The van der Waals surface area contributed by atoms with E-state index in [9.17, 15) is 18.0 Å². The molecule has 0 saturated carbocycles. The molecule has 0 atom stereocenters. The number of halogens is 2. The molecule has 0 heterocycles. The van der Waals surface area contributed by atoms with Crippen molar-refractivity contribution in [2.45, 2.75) is 13.8 Å². The predicted molar refractivity (Wildman–Crippen MR) is 120 cm³/mol. The second-order valence-corrected chi connectivity index (χ2v) is 9.11. The molecule has 0 unspecified atom stereocenters. The fourth-order valence-corrected chi connectivity index (χ4v) is 3.73. The molecule has 0 radical (unpaired) electrons. The molecule has 0 aliphatic rings. The third-order valence-electron chi connectivity index (χ3n) is 3.84.